The number of rotatable bonds is 2. The van der Waals surface area contributed by atoms with E-state index in [2.05, 4.69) is 17.6 Å². The molecule has 0 aliphatic heterocycles. The lowest BCUT2D eigenvalue weighted by Crippen LogP contribution is -3.00. The van der Waals surface area contributed by atoms with Crippen molar-refractivity contribution < 1.29 is 38.0 Å². The first kappa shape index (κ1) is 14.0. The van der Waals surface area contributed by atoms with Gasteiger partial charge in [0.15, 0.2) is 17.7 Å². The molecule has 0 amide bonds. The fourth-order valence-electron chi connectivity index (χ4n) is 1.87. The van der Waals surface area contributed by atoms with Crippen molar-refractivity contribution in [2.24, 2.45) is 7.05 Å². The van der Waals surface area contributed by atoms with E-state index in [1.807, 2.05) is 25.4 Å². The number of fused-ring (bicyclic) bond motifs is 1. The second-order valence-electron chi connectivity index (χ2n) is 3.83. The van der Waals surface area contributed by atoms with Crippen LogP contribution in [-0.4, -0.2) is 14.2 Å². The molecule has 1 heterocycles. The molecule has 2 aromatic rings. The van der Waals surface area contributed by atoms with Crippen LogP contribution in [0.1, 0.15) is 5.56 Å². The van der Waals surface area contributed by atoms with Crippen molar-refractivity contribution in [2.45, 2.75) is 6.92 Å². The quantitative estimate of drug-likeness (QED) is 0.515. The van der Waals surface area contributed by atoms with Gasteiger partial charge in [0.05, 0.1) is 25.7 Å². The second kappa shape index (κ2) is 5.53. The van der Waals surface area contributed by atoms with Crippen molar-refractivity contribution >= 4 is 10.9 Å². The highest BCUT2D eigenvalue weighted by molar-refractivity contribution is 5.83. The van der Waals surface area contributed by atoms with Crippen LogP contribution in [0.4, 0.5) is 0 Å². The third kappa shape index (κ3) is 2.46. The van der Waals surface area contributed by atoms with Crippen molar-refractivity contribution in [3.8, 4) is 11.5 Å². The average molecular weight is 345 g/mol. The summed E-state index contributed by atoms with van der Waals surface area (Å²) < 4.78 is 12.7. The molecule has 2 rings (SSSR count). The summed E-state index contributed by atoms with van der Waals surface area (Å²) in [6, 6.07) is 6.11. The summed E-state index contributed by atoms with van der Waals surface area (Å²) in [6.07, 6.45) is 2.05. The molecule has 0 saturated heterocycles. The molecule has 3 nitrogen and oxygen atoms in total. The minimum atomic E-state index is 0. The van der Waals surface area contributed by atoms with E-state index < -0.39 is 0 Å². The van der Waals surface area contributed by atoms with E-state index in [-0.39, 0.29) is 24.0 Å². The Morgan fingerprint density at radius 3 is 2.24 bits per heavy atom. The Morgan fingerprint density at radius 2 is 1.65 bits per heavy atom. The maximum atomic E-state index is 5.30. The zero-order valence-electron chi connectivity index (χ0n) is 10.5. The summed E-state index contributed by atoms with van der Waals surface area (Å²) in [5.41, 5.74) is 2.37. The molecule has 0 unspecified atom stereocenters. The van der Waals surface area contributed by atoms with Crippen LogP contribution in [0.5, 0.6) is 11.5 Å². The summed E-state index contributed by atoms with van der Waals surface area (Å²) >= 11 is 0. The van der Waals surface area contributed by atoms with Gasteiger partial charge in [-0.25, -0.2) is 4.57 Å². The Bertz CT molecular complexity index is 492. The molecule has 0 atom stereocenters. The third-order valence-corrected chi connectivity index (χ3v) is 2.85. The van der Waals surface area contributed by atoms with Crippen molar-refractivity contribution in [1.82, 2.24) is 0 Å². The maximum absolute atomic E-state index is 5.30. The van der Waals surface area contributed by atoms with Crippen LogP contribution in [0.2, 0.25) is 0 Å². The Balaban J connectivity index is 0.00000144. The lowest BCUT2D eigenvalue weighted by atomic mass is 10.1. The zero-order valence-corrected chi connectivity index (χ0v) is 12.6. The first-order valence-corrected chi connectivity index (χ1v) is 5.18. The average Bonchev–Trinajstić information content (AvgIpc) is 2.32. The molecule has 0 N–H and O–H groups in total. The summed E-state index contributed by atoms with van der Waals surface area (Å²) in [4.78, 5) is 0. The van der Waals surface area contributed by atoms with E-state index in [1.54, 1.807) is 14.2 Å². The van der Waals surface area contributed by atoms with Crippen LogP contribution < -0.4 is 38.0 Å². The monoisotopic (exact) mass is 345 g/mol. The van der Waals surface area contributed by atoms with Gasteiger partial charge in [0.2, 0.25) is 5.52 Å². The Morgan fingerprint density at radius 1 is 1.06 bits per heavy atom. The maximum Gasteiger partial charge on any atom is 0.216 e. The zero-order chi connectivity index (χ0) is 11.7. The largest absolute Gasteiger partial charge is 1.00 e. The summed E-state index contributed by atoms with van der Waals surface area (Å²) in [7, 11) is 5.33. The molecule has 0 bridgehead atoms. The van der Waals surface area contributed by atoms with Gasteiger partial charge in [0, 0.05) is 6.07 Å². The van der Waals surface area contributed by atoms with Crippen molar-refractivity contribution in [1.29, 1.82) is 0 Å². The Labute approximate surface area is 118 Å². The normalized spacial score (nSPS) is 9.88. The lowest BCUT2D eigenvalue weighted by Gasteiger charge is -2.08. The topological polar surface area (TPSA) is 22.3 Å². The second-order valence-corrected chi connectivity index (χ2v) is 3.83. The predicted octanol–water partition coefficient (Wildman–Crippen LogP) is -1.01. The number of aromatic nitrogens is 1. The molecule has 4 heteroatoms. The number of aryl methyl sites for hydroxylation is 2. The molecule has 0 saturated carbocycles. The van der Waals surface area contributed by atoms with E-state index in [4.69, 9.17) is 9.47 Å². The molecule has 0 aliphatic rings. The summed E-state index contributed by atoms with van der Waals surface area (Å²) in [5.74, 6) is 1.53. The number of halogens is 1. The standard InChI is InChI=1S/C13H16NO2.HI/c1-9-5-6-14(2)11-8-13(16-4)12(15-3)7-10(9)11;/h5-8H,1-4H3;1H/q+1;/p-1. The van der Waals surface area contributed by atoms with Gasteiger partial charge in [-0.2, -0.15) is 0 Å². The van der Waals surface area contributed by atoms with Gasteiger partial charge in [-0.3, -0.25) is 0 Å². The number of pyridine rings is 1. The van der Waals surface area contributed by atoms with Gasteiger partial charge in [0.1, 0.15) is 7.05 Å². The van der Waals surface area contributed by atoms with Crippen LogP contribution in [-0.2, 0) is 7.05 Å². The lowest BCUT2D eigenvalue weighted by molar-refractivity contribution is -0.644. The van der Waals surface area contributed by atoms with Crippen LogP contribution in [0.3, 0.4) is 0 Å². The molecule has 0 spiro atoms. The molecule has 17 heavy (non-hydrogen) atoms. The Kier molecular flexibility index (Phi) is 4.56. The minimum Gasteiger partial charge on any atom is -1.00 e. The highest BCUT2D eigenvalue weighted by Gasteiger charge is 2.13. The highest BCUT2D eigenvalue weighted by Crippen LogP contribution is 2.31. The smallest absolute Gasteiger partial charge is 0.216 e. The number of benzene rings is 1. The van der Waals surface area contributed by atoms with Crippen molar-refractivity contribution in [2.75, 3.05) is 14.2 Å². The molecule has 0 fully saturated rings. The molecule has 92 valence electrons. The van der Waals surface area contributed by atoms with Crippen LogP contribution in [0.25, 0.3) is 10.9 Å². The van der Waals surface area contributed by atoms with Gasteiger partial charge in [-0.15, -0.1) is 0 Å². The molecule has 0 aliphatic carbocycles. The SMILES string of the molecule is COc1cc2c(C)cc[n+](C)c2cc1OC.[I-]. The van der Waals surface area contributed by atoms with E-state index in [9.17, 15) is 0 Å². The highest BCUT2D eigenvalue weighted by atomic mass is 127. The number of ether oxygens (including phenoxy) is 2. The third-order valence-electron chi connectivity index (χ3n) is 2.85. The fraction of sp³-hybridized carbons (Fsp3) is 0.308. The summed E-state index contributed by atoms with van der Waals surface area (Å²) in [5, 5.41) is 1.18. The van der Waals surface area contributed by atoms with Gasteiger partial charge in [-0.05, 0) is 18.6 Å². The van der Waals surface area contributed by atoms with Gasteiger partial charge in [0.25, 0.3) is 0 Å². The summed E-state index contributed by atoms with van der Waals surface area (Å²) in [6.45, 7) is 2.09. The van der Waals surface area contributed by atoms with Gasteiger partial charge in [-0.1, -0.05) is 0 Å². The van der Waals surface area contributed by atoms with Gasteiger partial charge >= 0.3 is 0 Å². The minimum absolute atomic E-state index is 0. The van der Waals surface area contributed by atoms with E-state index in [0.717, 1.165) is 17.0 Å². The number of methoxy groups -OCH3 is 2. The molecule has 1 aromatic heterocycles. The molecular weight excluding hydrogens is 329 g/mol. The predicted molar refractivity (Wildman–Crippen MR) is 63.0 cm³/mol. The number of nitrogens with zero attached hydrogens (tertiary/aromatic N) is 1. The van der Waals surface area contributed by atoms with E-state index >= 15 is 0 Å². The Hall–Kier alpha value is -1.04. The van der Waals surface area contributed by atoms with Crippen LogP contribution >= 0.6 is 0 Å². The molecular formula is C13H16INO2. The fourth-order valence-corrected chi connectivity index (χ4v) is 1.87. The van der Waals surface area contributed by atoms with E-state index in [0.29, 0.717) is 0 Å². The van der Waals surface area contributed by atoms with Crippen LogP contribution in [0.15, 0.2) is 24.4 Å². The first-order valence-electron chi connectivity index (χ1n) is 5.18. The molecule has 0 radical (unpaired) electrons. The van der Waals surface area contributed by atoms with Gasteiger partial charge < -0.3 is 33.5 Å². The van der Waals surface area contributed by atoms with E-state index in [1.165, 1.54) is 10.9 Å². The van der Waals surface area contributed by atoms with Crippen molar-refractivity contribution in [3.63, 3.8) is 0 Å². The number of hydrogen-bond donors (Lipinski definition) is 0. The number of hydrogen-bond acceptors (Lipinski definition) is 2. The van der Waals surface area contributed by atoms with Crippen LogP contribution in [0, 0.1) is 6.92 Å². The van der Waals surface area contributed by atoms with Crippen molar-refractivity contribution in [3.05, 3.63) is 30.0 Å². The first-order chi connectivity index (χ1) is 7.67. The molecule has 1 aromatic carbocycles.